The standard InChI is InChI=1S/C15H18ClNOS/c1-10(2)18-14-7-6-12(9-13(14)16)17-11(3)15-5-4-8-19-15/h4-11,17H,1-3H3. The van der Waals surface area contributed by atoms with E-state index < -0.39 is 0 Å². The van der Waals surface area contributed by atoms with Crippen molar-refractivity contribution in [2.24, 2.45) is 0 Å². The summed E-state index contributed by atoms with van der Waals surface area (Å²) in [5.41, 5.74) is 1.00. The summed E-state index contributed by atoms with van der Waals surface area (Å²) < 4.78 is 5.62. The molecule has 1 N–H and O–H groups in total. The van der Waals surface area contributed by atoms with Gasteiger partial charge in [0.15, 0.2) is 0 Å². The molecule has 0 fully saturated rings. The van der Waals surface area contributed by atoms with Crippen LogP contribution in [0.4, 0.5) is 5.69 Å². The van der Waals surface area contributed by atoms with E-state index in [4.69, 9.17) is 16.3 Å². The molecule has 1 unspecified atom stereocenters. The Bertz CT molecular complexity index is 525. The Balaban J connectivity index is 2.07. The summed E-state index contributed by atoms with van der Waals surface area (Å²) >= 11 is 7.97. The Morgan fingerprint density at radius 1 is 1.21 bits per heavy atom. The fraction of sp³-hybridized carbons (Fsp3) is 0.333. The van der Waals surface area contributed by atoms with Gasteiger partial charge in [0.2, 0.25) is 0 Å². The third-order valence-corrected chi connectivity index (χ3v) is 4.00. The van der Waals surface area contributed by atoms with Gasteiger partial charge >= 0.3 is 0 Å². The number of halogens is 1. The van der Waals surface area contributed by atoms with Crippen LogP contribution in [0.5, 0.6) is 5.75 Å². The maximum atomic E-state index is 6.22. The highest BCUT2D eigenvalue weighted by molar-refractivity contribution is 7.10. The van der Waals surface area contributed by atoms with Gasteiger partial charge in [-0.05, 0) is 50.4 Å². The maximum Gasteiger partial charge on any atom is 0.138 e. The molecule has 1 aromatic carbocycles. The molecule has 1 heterocycles. The molecule has 0 aliphatic carbocycles. The highest BCUT2D eigenvalue weighted by Gasteiger charge is 2.09. The van der Waals surface area contributed by atoms with Crippen molar-refractivity contribution in [2.75, 3.05) is 5.32 Å². The lowest BCUT2D eigenvalue weighted by molar-refractivity contribution is 0.242. The van der Waals surface area contributed by atoms with Crippen molar-refractivity contribution in [3.63, 3.8) is 0 Å². The van der Waals surface area contributed by atoms with Gasteiger partial charge in [0, 0.05) is 10.6 Å². The Labute approximate surface area is 123 Å². The van der Waals surface area contributed by atoms with Crippen LogP contribution in [0.3, 0.4) is 0 Å². The topological polar surface area (TPSA) is 21.3 Å². The van der Waals surface area contributed by atoms with Crippen LogP contribution in [0, 0.1) is 0 Å². The van der Waals surface area contributed by atoms with Crippen molar-refractivity contribution < 1.29 is 4.74 Å². The minimum absolute atomic E-state index is 0.126. The van der Waals surface area contributed by atoms with Crippen molar-refractivity contribution in [1.29, 1.82) is 0 Å². The molecule has 0 bridgehead atoms. The van der Waals surface area contributed by atoms with E-state index in [1.165, 1.54) is 4.88 Å². The molecule has 0 spiro atoms. The largest absolute Gasteiger partial charge is 0.489 e. The number of rotatable bonds is 5. The van der Waals surface area contributed by atoms with Gasteiger partial charge < -0.3 is 10.1 Å². The molecule has 2 rings (SSSR count). The fourth-order valence-electron chi connectivity index (χ4n) is 1.80. The molecule has 0 amide bonds. The van der Waals surface area contributed by atoms with E-state index in [0.717, 1.165) is 11.4 Å². The van der Waals surface area contributed by atoms with Crippen LogP contribution in [0.2, 0.25) is 5.02 Å². The molecule has 102 valence electrons. The van der Waals surface area contributed by atoms with Crippen LogP contribution in [-0.2, 0) is 0 Å². The monoisotopic (exact) mass is 295 g/mol. The van der Waals surface area contributed by atoms with Crippen LogP contribution in [0.15, 0.2) is 35.7 Å². The van der Waals surface area contributed by atoms with Gasteiger partial charge in [0.1, 0.15) is 5.75 Å². The van der Waals surface area contributed by atoms with Gasteiger partial charge in [-0.15, -0.1) is 11.3 Å². The summed E-state index contributed by atoms with van der Waals surface area (Å²) in [5, 5.41) is 6.16. The van der Waals surface area contributed by atoms with E-state index in [-0.39, 0.29) is 12.1 Å². The van der Waals surface area contributed by atoms with Gasteiger partial charge in [-0.25, -0.2) is 0 Å². The minimum atomic E-state index is 0.126. The number of thiophene rings is 1. The average Bonchev–Trinajstić information content (AvgIpc) is 2.86. The third kappa shape index (κ3) is 3.88. The summed E-state index contributed by atoms with van der Waals surface area (Å²) in [6.07, 6.45) is 0.126. The summed E-state index contributed by atoms with van der Waals surface area (Å²) in [7, 11) is 0. The second-order valence-electron chi connectivity index (χ2n) is 4.69. The maximum absolute atomic E-state index is 6.22. The Morgan fingerprint density at radius 3 is 2.58 bits per heavy atom. The summed E-state index contributed by atoms with van der Waals surface area (Å²) in [6.45, 7) is 6.11. The first-order valence-electron chi connectivity index (χ1n) is 6.32. The number of benzene rings is 1. The van der Waals surface area contributed by atoms with Crippen molar-refractivity contribution in [3.05, 3.63) is 45.6 Å². The third-order valence-electron chi connectivity index (χ3n) is 2.65. The van der Waals surface area contributed by atoms with Crippen LogP contribution in [-0.4, -0.2) is 6.10 Å². The van der Waals surface area contributed by atoms with Crippen LogP contribution < -0.4 is 10.1 Å². The molecular weight excluding hydrogens is 278 g/mol. The number of anilines is 1. The highest BCUT2D eigenvalue weighted by Crippen LogP contribution is 2.30. The lowest BCUT2D eigenvalue weighted by Gasteiger charge is -2.16. The lowest BCUT2D eigenvalue weighted by atomic mass is 10.2. The molecule has 0 radical (unpaired) electrons. The average molecular weight is 296 g/mol. The van der Waals surface area contributed by atoms with Gasteiger partial charge in [0.25, 0.3) is 0 Å². The number of nitrogens with one attached hydrogen (secondary N) is 1. The first-order valence-corrected chi connectivity index (χ1v) is 7.58. The molecule has 1 atom stereocenters. The fourth-order valence-corrected chi connectivity index (χ4v) is 2.76. The zero-order valence-corrected chi connectivity index (χ0v) is 12.9. The number of hydrogen-bond acceptors (Lipinski definition) is 3. The molecule has 2 aromatic rings. The molecule has 0 saturated carbocycles. The summed E-state index contributed by atoms with van der Waals surface area (Å²) in [4.78, 5) is 1.30. The van der Waals surface area contributed by atoms with E-state index in [2.05, 4.69) is 29.8 Å². The first-order chi connectivity index (χ1) is 9.06. The predicted molar refractivity (Wildman–Crippen MR) is 83.6 cm³/mol. The SMILES string of the molecule is CC(C)Oc1ccc(NC(C)c2cccs2)cc1Cl. The lowest BCUT2D eigenvalue weighted by Crippen LogP contribution is -2.07. The molecule has 1 aromatic heterocycles. The highest BCUT2D eigenvalue weighted by atomic mass is 35.5. The van der Waals surface area contributed by atoms with E-state index in [0.29, 0.717) is 5.02 Å². The zero-order valence-electron chi connectivity index (χ0n) is 11.3. The number of ether oxygens (including phenoxy) is 1. The molecule has 0 aliphatic rings. The second kappa shape index (κ2) is 6.31. The Hall–Kier alpha value is -1.19. The Kier molecular flexibility index (Phi) is 4.72. The Morgan fingerprint density at radius 2 is 2.00 bits per heavy atom. The van der Waals surface area contributed by atoms with Crippen molar-refractivity contribution in [3.8, 4) is 5.75 Å². The van der Waals surface area contributed by atoms with Crippen molar-refractivity contribution in [1.82, 2.24) is 0 Å². The van der Waals surface area contributed by atoms with E-state index in [9.17, 15) is 0 Å². The van der Waals surface area contributed by atoms with Gasteiger partial charge in [-0.1, -0.05) is 17.7 Å². The first kappa shape index (κ1) is 14.2. The molecular formula is C15H18ClNOS. The van der Waals surface area contributed by atoms with Crippen molar-refractivity contribution >= 4 is 28.6 Å². The van der Waals surface area contributed by atoms with Crippen molar-refractivity contribution in [2.45, 2.75) is 32.9 Å². The van der Waals surface area contributed by atoms with Gasteiger partial charge in [0.05, 0.1) is 17.2 Å². The van der Waals surface area contributed by atoms with E-state index in [1.807, 2.05) is 32.0 Å². The summed E-state index contributed by atoms with van der Waals surface area (Å²) in [5.74, 6) is 0.728. The molecule has 0 saturated heterocycles. The summed E-state index contributed by atoms with van der Waals surface area (Å²) in [6, 6.07) is 10.3. The zero-order chi connectivity index (χ0) is 13.8. The molecule has 0 aliphatic heterocycles. The van der Waals surface area contributed by atoms with Crippen LogP contribution in [0.25, 0.3) is 0 Å². The molecule has 2 nitrogen and oxygen atoms in total. The number of hydrogen-bond donors (Lipinski definition) is 1. The molecule has 4 heteroatoms. The van der Waals surface area contributed by atoms with Crippen LogP contribution in [0.1, 0.15) is 31.7 Å². The van der Waals surface area contributed by atoms with E-state index in [1.54, 1.807) is 11.3 Å². The van der Waals surface area contributed by atoms with Crippen LogP contribution >= 0.6 is 22.9 Å². The molecule has 19 heavy (non-hydrogen) atoms. The predicted octanol–water partition coefficient (Wildman–Crippen LogP) is 5.36. The quantitative estimate of drug-likeness (QED) is 0.801. The normalized spacial score (nSPS) is 12.5. The van der Waals surface area contributed by atoms with Gasteiger partial charge in [-0.3, -0.25) is 0 Å². The van der Waals surface area contributed by atoms with Gasteiger partial charge in [-0.2, -0.15) is 0 Å². The van der Waals surface area contributed by atoms with E-state index >= 15 is 0 Å². The minimum Gasteiger partial charge on any atom is -0.489 e. The second-order valence-corrected chi connectivity index (χ2v) is 6.08. The smallest absolute Gasteiger partial charge is 0.138 e.